The van der Waals surface area contributed by atoms with Gasteiger partial charge in [0.05, 0.1) is 12.1 Å². The molecule has 0 spiro atoms. The van der Waals surface area contributed by atoms with Gasteiger partial charge in [0.2, 0.25) is 0 Å². The Morgan fingerprint density at radius 2 is 2.30 bits per heavy atom. The van der Waals surface area contributed by atoms with Gasteiger partial charge in [-0.05, 0) is 37.8 Å². The number of rotatable bonds is 4. The summed E-state index contributed by atoms with van der Waals surface area (Å²) in [7, 11) is 0. The van der Waals surface area contributed by atoms with E-state index in [2.05, 4.69) is 21.5 Å². The van der Waals surface area contributed by atoms with Crippen LogP contribution in [0.15, 0.2) is 16.7 Å². The third-order valence-electron chi connectivity index (χ3n) is 3.43. The van der Waals surface area contributed by atoms with Crippen molar-refractivity contribution in [3.8, 4) is 0 Å². The minimum atomic E-state index is 0.367. The Morgan fingerprint density at radius 3 is 3.00 bits per heavy atom. The molecule has 0 atom stereocenters. The smallest absolute Gasteiger partial charge is 0.136 e. The van der Waals surface area contributed by atoms with E-state index in [9.17, 15) is 0 Å². The highest BCUT2D eigenvalue weighted by atomic mass is 32.1. The number of aryl methyl sites for hydroxylation is 3. The first-order valence-corrected chi connectivity index (χ1v) is 7.03. The van der Waals surface area contributed by atoms with Crippen molar-refractivity contribution in [3.63, 3.8) is 0 Å². The van der Waals surface area contributed by atoms with E-state index in [4.69, 9.17) is 22.5 Å². The van der Waals surface area contributed by atoms with Gasteiger partial charge in [-0.15, -0.1) is 0 Å². The normalized spacial score (nSPS) is 13.2. The number of nitrogens with two attached hydrogens (primary N) is 1. The van der Waals surface area contributed by atoms with Crippen LogP contribution in [0.4, 0.5) is 5.82 Å². The van der Waals surface area contributed by atoms with Crippen LogP contribution in [-0.2, 0) is 19.4 Å². The number of pyridine rings is 1. The molecule has 0 bridgehead atoms. The number of aromatic nitrogens is 2. The maximum Gasteiger partial charge on any atom is 0.136 e. The molecule has 1 aliphatic carbocycles. The first-order valence-electron chi connectivity index (χ1n) is 6.62. The Bertz CT molecular complexity index is 665. The van der Waals surface area contributed by atoms with E-state index in [0.29, 0.717) is 11.5 Å². The SMILES string of the molecule is Cc1cc(CNc2nc3c(cc2C(N)=S)CCC3)no1. The molecule has 0 aliphatic heterocycles. The predicted octanol–water partition coefficient (Wildman–Crippen LogP) is 2.11. The van der Waals surface area contributed by atoms with Crippen molar-refractivity contribution in [3.05, 3.63) is 40.4 Å². The molecule has 0 saturated heterocycles. The first kappa shape index (κ1) is 13.1. The van der Waals surface area contributed by atoms with Crippen molar-refractivity contribution >= 4 is 23.0 Å². The zero-order valence-electron chi connectivity index (χ0n) is 11.3. The Hall–Kier alpha value is -1.95. The van der Waals surface area contributed by atoms with E-state index < -0.39 is 0 Å². The number of anilines is 1. The minimum absolute atomic E-state index is 0.367. The topological polar surface area (TPSA) is 77.0 Å². The van der Waals surface area contributed by atoms with E-state index in [0.717, 1.165) is 47.8 Å². The molecule has 0 radical (unpaired) electrons. The van der Waals surface area contributed by atoms with Gasteiger partial charge in [-0.25, -0.2) is 4.98 Å². The summed E-state index contributed by atoms with van der Waals surface area (Å²) in [5, 5.41) is 7.20. The van der Waals surface area contributed by atoms with Crippen LogP contribution in [0.5, 0.6) is 0 Å². The van der Waals surface area contributed by atoms with Crippen LogP contribution < -0.4 is 11.1 Å². The number of thiocarbonyl (C=S) groups is 1. The first-order chi connectivity index (χ1) is 9.63. The monoisotopic (exact) mass is 288 g/mol. The van der Waals surface area contributed by atoms with Gasteiger partial charge in [-0.1, -0.05) is 17.4 Å². The molecule has 2 heterocycles. The molecule has 20 heavy (non-hydrogen) atoms. The molecule has 0 unspecified atom stereocenters. The van der Waals surface area contributed by atoms with E-state index >= 15 is 0 Å². The summed E-state index contributed by atoms with van der Waals surface area (Å²) in [5.41, 5.74) is 9.84. The van der Waals surface area contributed by atoms with Gasteiger partial charge in [0.1, 0.15) is 22.3 Å². The molecular weight excluding hydrogens is 272 g/mol. The lowest BCUT2D eigenvalue weighted by molar-refractivity contribution is 0.391. The van der Waals surface area contributed by atoms with Gasteiger partial charge in [0, 0.05) is 11.8 Å². The highest BCUT2D eigenvalue weighted by Gasteiger charge is 2.17. The lowest BCUT2D eigenvalue weighted by atomic mass is 10.1. The number of nitrogens with zero attached hydrogens (tertiary/aromatic N) is 2. The highest BCUT2D eigenvalue weighted by Crippen LogP contribution is 2.25. The Morgan fingerprint density at radius 1 is 1.45 bits per heavy atom. The maximum atomic E-state index is 5.80. The highest BCUT2D eigenvalue weighted by molar-refractivity contribution is 7.80. The summed E-state index contributed by atoms with van der Waals surface area (Å²) < 4.78 is 5.04. The lowest BCUT2D eigenvalue weighted by Gasteiger charge is -2.11. The van der Waals surface area contributed by atoms with Crippen molar-refractivity contribution in [1.29, 1.82) is 0 Å². The third-order valence-corrected chi connectivity index (χ3v) is 3.65. The number of hydrogen-bond acceptors (Lipinski definition) is 5. The number of nitrogens with one attached hydrogen (secondary N) is 1. The van der Waals surface area contributed by atoms with Crippen molar-refractivity contribution in [2.75, 3.05) is 5.32 Å². The van der Waals surface area contributed by atoms with Gasteiger partial charge in [0.25, 0.3) is 0 Å². The molecule has 0 saturated carbocycles. The zero-order chi connectivity index (χ0) is 14.1. The molecule has 3 N–H and O–H groups in total. The van der Waals surface area contributed by atoms with Gasteiger partial charge in [0.15, 0.2) is 0 Å². The second kappa shape index (κ2) is 5.20. The Balaban J connectivity index is 1.86. The van der Waals surface area contributed by atoms with Crippen molar-refractivity contribution in [2.45, 2.75) is 32.7 Å². The average Bonchev–Trinajstić information content (AvgIpc) is 3.03. The van der Waals surface area contributed by atoms with Crippen LogP contribution in [0, 0.1) is 6.92 Å². The fourth-order valence-corrected chi connectivity index (χ4v) is 2.63. The molecule has 3 rings (SSSR count). The van der Waals surface area contributed by atoms with Crippen molar-refractivity contribution < 1.29 is 4.52 Å². The second-order valence-corrected chi connectivity index (χ2v) is 5.43. The van der Waals surface area contributed by atoms with Crippen molar-refractivity contribution in [1.82, 2.24) is 10.1 Å². The summed E-state index contributed by atoms with van der Waals surface area (Å²) in [6, 6.07) is 3.95. The Kier molecular flexibility index (Phi) is 3.40. The predicted molar refractivity (Wildman–Crippen MR) is 80.7 cm³/mol. The van der Waals surface area contributed by atoms with E-state index in [1.54, 1.807) is 0 Å². The second-order valence-electron chi connectivity index (χ2n) is 4.99. The van der Waals surface area contributed by atoms with Crippen LogP contribution >= 0.6 is 12.2 Å². The Labute approximate surface area is 122 Å². The molecular formula is C14H16N4OS. The largest absolute Gasteiger partial charge is 0.389 e. The summed E-state index contributed by atoms with van der Waals surface area (Å²) in [6.07, 6.45) is 3.22. The molecule has 6 heteroatoms. The van der Waals surface area contributed by atoms with Gasteiger partial charge in [-0.2, -0.15) is 0 Å². The zero-order valence-corrected chi connectivity index (χ0v) is 12.1. The maximum absolute atomic E-state index is 5.80. The van der Waals surface area contributed by atoms with Crippen molar-refractivity contribution in [2.24, 2.45) is 5.73 Å². The number of fused-ring (bicyclic) bond motifs is 1. The summed E-state index contributed by atoms with van der Waals surface area (Å²) >= 11 is 5.12. The summed E-state index contributed by atoms with van der Waals surface area (Å²) in [4.78, 5) is 5.03. The molecule has 2 aromatic heterocycles. The van der Waals surface area contributed by atoms with Crippen LogP contribution in [0.1, 0.15) is 34.7 Å². The minimum Gasteiger partial charge on any atom is -0.389 e. The van der Waals surface area contributed by atoms with E-state index in [-0.39, 0.29) is 0 Å². The average molecular weight is 288 g/mol. The van der Waals surface area contributed by atoms with E-state index in [1.807, 2.05) is 13.0 Å². The molecule has 0 fully saturated rings. The quantitative estimate of drug-likeness (QED) is 0.839. The van der Waals surface area contributed by atoms with Gasteiger partial charge in [-0.3, -0.25) is 0 Å². The molecule has 5 nitrogen and oxygen atoms in total. The lowest BCUT2D eigenvalue weighted by Crippen LogP contribution is -2.15. The van der Waals surface area contributed by atoms with Gasteiger partial charge >= 0.3 is 0 Å². The fourth-order valence-electron chi connectivity index (χ4n) is 2.47. The number of hydrogen-bond donors (Lipinski definition) is 2. The van der Waals surface area contributed by atoms with E-state index in [1.165, 1.54) is 5.56 Å². The summed E-state index contributed by atoms with van der Waals surface area (Å²) in [6.45, 7) is 2.41. The van der Waals surface area contributed by atoms with Crippen LogP contribution in [-0.4, -0.2) is 15.1 Å². The molecule has 0 amide bonds. The standard InChI is InChI=1S/C14H16N4OS/c1-8-5-10(18-19-8)7-16-14-11(13(15)20)6-9-3-2-4-12(9)17-14/h5-6H,2-4,7H2,1H3,(H2,15,20)(H,16,17). The van der Waals surface area contributed by atoms with Crippen LogP contribution in [0.25, 0.3) is 0 Å². The fraction of sp³-hybridized carbons (Fsp3) is 0.357. The molecule has 0 aromatic carbocycles. The molecule has 2 aromatic rings. The molecule has 1 aliphatic rings. The third kappa shape index (κ3) is 2.51. The summed E-state index contributed by atoms with van der Waals surface area (Å²) in [5.74, 6) is 1.53. The molecule has 104 valence electrons. The van der Waals surface area contributed by atoms with Crippen LogP contribution in [0.2, 0.25) is 0 Å². The van der Waals surface area contributed by atoms with Crippen LogP contribution in [0.3, 0.4) is 0 Å². The van der Waals surface area contributed by atoms with Gasteiger partial charge < -0.3 is 15.6 Å².